The van der Waals surface area contributed by atoms with Crippen LogP contribution in [-0.4, -0.2) is 24.3 Å². The molecule has 0 bridgehead atoms. The summed E-state index contributed by atoms with van der Waals surface area (Å²) in [6.45, 7) is 3.03. The maximum Gasteiger partial charge on any atom is 0.0543 e. The van der Waals surface area contributed by atoms with Crippen LogP contribution in [0.3, 0.4) is 0 Å². The zero-order chi connectivity index (χ0) is 13.1. The molecule has 2 unspecified atom stereocenters. The number of nitrogens with one attached hydrogen (secondary N) is 2. The highest BCUT2D eigenvalue weighted by Crippen LogP contribution is 2.27. The minimum atomic E-state index is -0.0665. The van der Waals surface area contributed by atoms with E-state index in [4.69, 9.17) is 0 Å². The van der Waals surface area contributed by atoms with Gasteiger partial charge in [-0.1, -0.05) is 24.6 Å². The van der Waals surface area contributed by atoms with Crippen LogP contribution in [0.25, 0.3) is 0 Å². The van der Waals surface area contributed by atoms with Crippen LogP contribution < -0.4 is 10.6 Å². The lowest BCUT2D eigenvalue weighted by molar-refractivity contribution is 0.101. The Labute approximate surface area is 115 Å². The molecule has 1 aromatic rings. The van der Waals surface area contributed by atoms with Gasteiger partial charge in [0.05, 0.1) is 6.10 Å². The first-order chi connectivity index (χ1) is 9.33. The van der Waals surface area contributed by atoms with Gasteiger partial charge in [-0.25, -0.2) is 0 Å². The van der Waals surface area contributed by atoms with E-state index in [9.17, 15) is 5.11 Å². The molecule has 0 amide bonds. The lowest BCUT2D eigenvalue weighted by Gasteiger charge is -2.26. The van der Waals surface area contributed by atoms with Gasteiger partial charge in [-0.3, -0.25) is 0 Å². The molecule has 1 fully saturated rings. The molecule has 1 aliphatic heterocycles. The zero-order valence-electron chi connectivity index (χ0n) is 11.5. The van der Waals surface area contributed by atoms with Crippen molar-refractivity contribution in [2.45, 2.75) is 44.8 Å². The standard InChI is InChI=1S/C16H24N2O/c19-15-6-1-3-12(9-15)10-17-11-14-5-2-4-13-7-8-18-16(13)14/h2,4-5,12,15,17-19H,1,3,6-11H2. The second kappa shape index (κ2) is 5.93. The van der Waals surface area contributed by atoms with Gasteiger partial charge in [0, 0.05) is 18.8 Å². The van der Waals surface area contributed by atoms with Gasteiger partial charge in [-0.05, 0) is 49.3 Å². The van der Waals surface area contributed by atoms with Crippen molar-refractivity contribution < 1.29 is 5.11 Å². The first kappa shape index (κ1) is 12.9. The molecule has 0 radical (unpaired) electrons. The lowest BCUT2D eigenvalue weighted by Crippen LogP contribution is -2.29. The Balaban J connectivity index is 1.51. The summed E-state index contributed by atoms with van der Waals surface area (Å²) < 4.78 is 0. The summed E-state index contributed by atoms with van der Waals surface area (Å²) in [7, 11) is 0. The fraction of sp³-hybridized carbons (Fsp3) is 0.625. The van der Waals surface area contributed by atoms with E-state index in [2.05, 4.69) is 28.8 Å². The number of para-hydroxylation sites is 1. The minimum absolute atomic E-state index is 0.0665. The second-order valence-electron chi connectivity index (χ2n) is 5.95. The Morgan fingerprint density at radius 1 is 1.32 bits per heavy atom. The summed E-state index contributed by atoms with van der Waals surface area (Å²) in [5.74, 6) is 0.647. The molecular weight excluding hydrogens is 236 g/mol. The van der Waals surface area contributed by atoms with Gasteiger partial charge in [0.25, 0.3) is 0 Å². The van der Waals surface area contributed by atoms with E-state index in [1.165, 1.54) is 29.7 Å². The number of fused-ring (bicyclic) bond motifs is 1. The normalized spacial score (nSPS) is 25.9. The third kappa shape index (κ3) is 3.10. The van der Waals surface area contributed by atoms with E-state index in [0.717, 1.165) is 38.9 Å². The molecule has 19 heavy (non-hydrogen) atoms. The lowest BCUT2D eigenvalue weighted by atomic mass is 9.87. The largest absolute Gasteiger partial charge is 0.393 e. The number of hydrogen-bond donors (Lipinski definition) is 3. The molecule has 0 saturated heterocycles. The van der Waals surface area contributed by atoms with Gasteiger partial charge in [0.2, 0.25) is 0 Å². The predicted octanol–water partition coefficient (Wildman–Crippen LogP) is 2.30. The van der Waals surface area contributed by atoms with E-state index in [1.807, 2.05) is 0 Å². The second-order valence-corrected chi connectivity index (χ2v) is 5.95. The zero-order valence-corrected chi connectivity index (χ0v) is 11.5. The van der Waals surface area contributed by atoms with Crippen molar-refractivity contribution in [1.29, 1.82) is 0 Å². The van der Waals surface area contributed by atoms with Crippen LogP contribution in [0.5, 0.6) is 0 Å². The fourth-order valence-corrected chi connectivity index (χ4v) is 3.42. The molecule has 2 aliphatic rings. The SMILES string of the molecule is OC1CCCC(CNCc2cccc3c2NCC3)C1. The van der Waals surface area contributed by atoms with Crippen LogP contribution in [0.1, 0.15) is 36.8 Å². The summed E-state index contributed by atoms with van der Waals surface area (Å²) in [6, 6.07) is 6.59. The van der Waals surface area contributed by atoms with Gasteiger partial charge in [-0.2, -0.15) is 0 Å². The summed E-state index contributed by atoms with van der Waals surface area (Å²) in [4.78, 5) is 0. The quantitative estimate of drug-likeness (QED) is 0.778. The number of anilines is 1. The van der Waals surface area contributed by atoms with E-state index >= 15 is 0 Å². The van der Waals surface area contributed by atoms with E-state index < -0.39 is 0 Å². The van der Waals surface area contributed by atoms with Gasteiger partial charge in [0.1, 0.15) is 0 Å². The van der Waals surface area contributed by atoms with Crippen LogP contribution in [0.2, 0.25) is 0 Å². The smallest absolute Gasteiger partial charge is 0.0543 e. The molecule has 1 saturated carbocycles. The van der Waals surface area contributed by atoms with Crippen molar-refractivity contribution in [2.75, 3.05) is 18.4 Å². The Morgan fingerprint density at radius 3 is 3.16 bits per heavy atom. The van der Waals surface area contributed by atoms with Crippen LogP contribution in [0.15, 0.2) is 18.2 Å². The van der Waals surface area contributed by atoms with Crippen LogP contribution in [-0.2, 0) is 13.0 Å². The Hall–Kier alpha value is -1.06. The fourth-order valence-electron chi connectivity index (χ4n) is 3.42. The topological polar surface area (TPSA) is 44.3 Å². The number of rotatable bonds is 4. The highest BCUT2D eigenvalue weighted by Gasteiger charge is 2.20. The molecule has 1 heterocycles. The van der Waals surface area contributed by atoms with Gasteiger partial charge < -0.3 is 15.7 Å². The van der Waals surface area contributed by atoms with Gasteiger partial charge in [0.15, 0.2) is 0 Å². The Kier molecular flexibility index (Phi) is 4.04. The van der Waals surface area contributed by atoms with Crippen molar-refractivity contribution in [3.8, 4) is 0 Å². The highest BCUT2D eigenvalue weighted by molar-refractivity contribution is 5.61. The molecule has 1 aliphatic carbocycles. The molecule has 3 nitrogen and oxygen atoms in total. The Bertz CT molecular complexity index is 433. The van der Waals surface area contributed by atoms with E-state index in [1.54, 1.807) is 0 Å². The number of hydrogen-bond acceptors (Lipinski definition) is 3. The van der Waals surface area contributed by atoms with Crippen LogP contribution in [0, 0.1) is 5.92 Å². The van der Waals surface area contributed by atoms with Gasteiger partial charge >= 0.3 is 0 Å². The summed E-state index contributed by atoms with van der Waals surface area (Å²) in [5, 5.41) is 16.7. The predicted molar refractivity (Wildman–Crippen MR) is 78.3 cm³/mol. The molecule has 3 N–H and O–H groups in total. The maximum atomic E-state index is 9.69. The van der Waals surface area contributed by atoms with Crippen LogP contribution in [0.4, 0.5) is 5.69 Å². The minimum Gasteiger partial charge on any atom is -0.393 e. The molecule has 3 heteroatoms. The number of aliphatic hydroxyl groups is 1. The van der Waals surface area contributed by atoms with E-state index in [0.29, 0.717) is 5.92 Å². The maximum absolute atomic E-state index is 9.69. The molecule has 3 rings (SSSR count). The van der Waals surface area contributed by atoms with Crippen molar-refractivity contribution in [1.82, 2.24) is 5.32 Å². The summed E-state index contributed by atoms with van der Waals surface area (Å²) in [5.41, 5.74) is 4.18. The van der Waals surface area contributed by atoms with Crippen molar-refractivity contribution in [2.24, 2.45) is 5.92 Å². The summed E-state index contributed by atoms with van der Waals surface area (Å²) in [6.07, 6.45) is 5.48. The van der Waals surface area contributed by atoms with Crippen molar-refractivity contribution >= 4 is 5.69 Å². The van der Waals surface area contributed by atoms with E-state index in [-0.39, 0.29) is 6.10 Å². The van der Waals surface area contributed by atoms with Crippen LogP contribution >= 0.6 is 0 Å². The third-order valence-corrected chi connectivity index (χ3v) is 4.44. The molecule has 0 spiro atoms. The first-order valence-corrected chi connectivity index (χ1v) is 7.56. The third-order valence-electron chi connectivity index (χ3n) is 4.44. The van der Waals surface area contributed by atoms with Crippen molar-refractivity contribution in [3.63, 3.8) is 0 Å². The molecule has 0 aromatic heterocycles. The first-order valence-electron chi connectivity index (χ1n) is 7.56. The summed E-state index contributed by atoms with van der Waals surface area (Å²) >= 11 is 0. The van der Waals surface area contributed by atoms with Crippen molar-refractivity contribution in [3.05, 3.63) is 29.3 Å². The number of aliphatic hydroxyl groups excluding tert-OH is 1. The Morgan fingerprint density at radius 2 is 2.26 bits per heavy atom. The number of benzene rings is 1. The molecule has 1 aromatic carbocycles. The average Bonchev–Trinajstić information content (AvgIpc) is 2.88. The molecular formula is C16H24N2O. The molecule has 2 atom stereocenters. The van der Waals surface area contributed by atoms with Gasteiger partial charge in [-0.15, -0.1) is 0 Å². The monoisotopic (exact) mass is 260 g/mol. The molecule has 104 valence electrons. The average molecular weight is 260 g/mol. The highest BCUT2D eigenvalue weighted by atomic mass is 16.3.